The molecule has 0 bridgehead atoms. The summed E-state index contributed by atoms with van der Waals surface area (Å²) in [7, 11) is -0.745. The summed E-state index contributed by atoms with van der Waals surface area (Å²) in [6.07, 6.45) is 1.10. The smallest absolute Gasteiger partial charge is 0.0436 e. The lowest BCUT2D eigenvalue weighted by Crippen LogP contribution is -2.27. The third kappa shape index (κ3) is 5.32. The van der Waals surface area contributed by atoms with Crippen molar-refractivity contribution in [1.82, 2.24) is 5.32 Å². The Morgan fingerprint density at radius 1 is 1.17 bits per heavy atom. The normalized spacial score (nSPS) is 16.2. The molecule has 0 aliphatic rings. The molecule has 0 saturated heterocycles. The van der Waals surface area contributed by atoms with Crippen LogP contribution in [0.2, 0.25) is 0 Å². The second-order valence-corrected chi connectivity index (χ2v) is 6.35. The van der Waals surface area contributed by atoms with E-state index in [1.807, 2.05) is 18.2 Å². The van der Waals surface area contributed by atoms with Crippen molar-refractivity contribution in [2.45, 2.75) is 33.2 Å². The monoisotopic (exact) mass is 267 g/mol. The van der Waals surface area contributed by atoms with Gasteiger partial charge in [0.1, 0.15) is 0 Å². The van der Waals surface area contributed by atoms with Gasteiger partial charge in [-0.3, -0.25) is 4.21 Å². The van der Waals surface area contributed by atoms with Gasteiger partial charge in [-0.25, -0.2) is 0 Å². The summed E-state index contributed by atoms with van der Waals surface area (Å²) in [6, 6.07) is 10.5. The molecule has 0 saturated carbocycles. The number of hydrogen-bond acceptors (Lipinski definition) is 2. The van der Waals surface area contributed by atoms with Gasteiger partial charge in [0, 0.05) is 28.3 Å². The quantitative estimate of drug-likeness (QED) is 0.784. The summed E-state index contributed by atoms with van der Waals surface area (Å²) in [6.45, 7) is 7.32. The molecule has 0 radical (unpaired) electrons. The van der Waals surface area contributed by atoms with Crippen LogP contribution in [0.5, 0.6) is 0 Å². The van der Waals surface area contributed by atoms with Crippen molar-refractivity contribution in [3.63, 3.8) is 0 Å². The first kappa shape index (κ1) is 15.4. The second-order valence-electron chi connectivity index (χ2n) is 4.81. The molecule has 3 unspecified atom stereocenters. The minimum Gasteiger partial charge on any atom is -0.309 e. The Morgan fingerprint density at radius 3 is 2.39 bits per heavy atom. The van der Waals surface area contributed by atoms with Crippen molar-refractivity contribution in [3.05, 3.63) is 35.9 Å². The van der Waals surface area contributed by atoms with Crippen LogP contribution >= 0.6 is 0 Å². The van der Waals surface area contributed by atoms with E-state index >= 15 is 0 Å². The number of hydrogen-bond donors (Lipinski definition) is 1. The van der Waals surface area contributed by atoms with Crippen LogP contribution in [0.1, 0.15) is 38.8 Å². The molecule has 0 aliphatic carbocycles. The van der Waals surface area contributed by atoms with Crippen molar-refractivity contribution < 1.29 is 4.21 Å². The SMILES string of the molecule is CCNC(CS(=O)CC(C)CC)c1ccccc1. The maximum atomic E-state index is 12.1. The lowest BCUT2D eigenvalue weighted by atomic mass is 10.1. The molecular weight excluding hydrogens is 242 g/mol. The van der Waals surface area contributed by atoms with Crippen LogP contribution in [0.4, 0.5) is 0 Å². The zero-order chi connectivity index (χ0) is 13.4. The lowest BCUT2D eigenvalue weighted by molar-refractivity contribution is 0.582. The van der Waals surface area contributed by atoms with E-state index in [2.05, 4.69) is 38.2 Å². The van der Waals surface area contributed by atoms with E-state index in [9.17, 15) is 4.21 Å². The predicted molar refractivity (Wildman–Crippen MR) is 80.2 cm³/mol. The van der Waals surface area contributed by atoms with E-state index in [1.165, 1.54) is 5.56 Å². The Labute approximate surface area is 114 Å². The third-order valence-corrected chi connectivity index (χ3v) is 4.82. The molecule has 3 heteroatoms. The van der Waals surface area contributed by atoms with Gasteiger partial charge in [0.15, 0.2) is 0 Å². The Morgan fingerprint density at radius 2 is 1.83 bits per heavy atom. The Hall–Kier alpha value is -0.670. The number of rotatable bonds is 8. The molecule has 1 rings (SSSR count). The average molecular weight is 267 g/mol. The van der Waals surface area contributed by atoms with Crippen LogP contribution in [0, 0.1) is 5.92 Å². The molecule has 18 heavy (non-hydrogen) atoms. The topological polar surface area (TPSA) is 29.1 Å². The van der Waals surface area contributed by atoms with E-state index < -0.39 is 10.8 Å². The fourth-order valence-corrected chi connectivity index (χ4v) is 3.58. The van der Waals surface area contributed by atoms with E-state index in [4.69, 9.17) is 0 Å². The molecule has 0 amide bonds. The van der Waals surface area contributed by atoms with Gasteiger partial charge < -0.3 is 5.32 Å². The van der Waals surface area contributed by atoms with Crippen LogP contribution in [-0.2, 0) is 10.8 Å². The molecule has 0 spiro atoms. The molecule has 3 atom stereocenters. The summed E-state index contributed by atoms with van der Waals surface area (Å²) in [5.74, 6) is 2.07. The largest absolute Gasteiger partial charge is 0.309 e. The first-order chi connectivity index (χ1) is 8.67. The molecule has 1 N–H and O–H groups in total. The fourth-order valence-electron chi connectivity index (χ4n) is 1.89. The summed E-state index contributed by atoms with van der Waals surface area (Å²) in [5.41, 5.74) is 1.23. The molecule has 0 aliphatic heterocycles. The highest BCUT2D eigenvalue weighted by molar-refractivity contribution is 7.85. The standard InChI is InChI=1S/C15H25NOS/c1-4-13(3)11-18(17)12-15(16-5-2)14-9-7-6-8-10-14/h6-10,13,15-16H,4-5,11-12H2,1-3H3. The number of benzene rings is 1. The summed E-state index contributed by atoms with van der Waals surface area (Å²) in [4.78, 5) is 0. The fraction of sp³-hybridized carbons (Fsp3) is 0.600. The van der Waals surface area contributed by atoms with Gasteiger partial charge in [0.05, 0.1) is 0 Å². The summed E-state index contributed by atoms with van der Waals surface area (Å²) >= 11 is 0. The van der Waals surface area contributed by atoms with Gasteiger partial charge >= 0.3 is 0 Å². The molecule has 102 valence electrons. The predicted octanol–water partition coefficient (Wildman–Crippen LogP) is 3.13. The average Bonchev–Trinajstić information content (AvgIpc) is 2.39. The molecule has 2 nitrogen and oxygen atoms in total. The van der Waals surface area contributed by atoms with Gasteiger partial charge in [-0.15, -0.1) is 0 Å². The van der Waals surface area contributed by atoms with Crippen molar-refractivity contribution in [2.24, 2.45) is 5.92 Å². The van der Waals surface area contributed by atoms with Crippen LogP contribution < -0.4 is 5.32 Å². The Balaban J connectivity index is 2.61. The minimum absolute atomic E-state index is 0.209. The van der Waals surface area contributed by atoms with Crippen molar-refractivity contribution in [3.8, 4) is 0 Å². The van der Waals surface area contributed by atoms with Gasteiger partial charge in [-0.05, 0) is 18.0 Å². The zero-order valence-corrected chi connectivity index (χ0v) is 12.5. The Kier molecular flexibility index (Phi) is 7.21. The van der Waals surface area contributed by atoms with Crippen molar-refractivity contribution in [1.29, 1.82) is 0 Å². The molecule has 1 aromatic rings. The van der Waals surface area contributed by atoms with E-state index in [0.29, 0.717) is 11.7 Å². The van der Waals surface area contributed by atoms with Crippen molar-refractivity contribution >= 4 is 10.8 Å². The van der Waals surface area contributed by atoms with Gasteiger partial charge in [0.25, 0.3) is 0 Å². The first-order valence-electron chi connectivity index (χ1n) is 6.80. The number of nitrogens with one attached hydrogen (secondary N) is 1. The summed E-state index contributed by atoms with van der Waals surface area (Å²) < 4.78 is 12.1. The van der Waals surface area contributed by atoms with Crippen LogP contribution in [-0.4, -0.2) is 22.3 Å². The zero-order valence-electron chi connectivity index (χ0n) is 11.7. The van der Waals surface area contributed by atoms with Crippen LogP contribution in [0.3, 0.4) is 0 Å². The molecule has 0 heterocycles. The molecule has 0 fully saturated rings. The minimum atomic E-state index is -0.745. The molecular formula is C15H25NOS. The van der Waals surface area contributed by atoms with Gasteiger partial charge in [-0.1, -0.05) is 57.5 Å². The Bertz CT molecular complexity index is 353. The van der Waals surface area contributed by atoms with Crippen LogP contribution in [0.15, 0.2) is 30.3 Å². The van der Waals surface area contributed by atoms with E-state index in [-0.39, 0.29) is 6.04 Å². The maximum absolute atomic E-state index is 12.1. The van der Waals surface area contributed by atoms with E-state index in [1.54, 1.807) is 0 Å². The maximum Gasteiger partial charge on any atom is 0.0436 e. The molecule has 1 aromatic carbocycles. The molecule has 0 aromatic heterocycles. The highest BCUT2D eigenvalue weighted by Gasteiger charge is 2.15. The van der Waals surface area contributed by atoms with Crippen LogP contribution in [0.25, 0.3) is 0 Å². The third-order valence-electron chi connectivity index (χ3n) is 3.17. The summed E-state index contributed by atoms with van der Waals surface area (Å²) in [5, 5.41) is 3.43. The highest BCUT2D eigenvalue weighted by Crippen LogP contribution is 2.15. The lowest BCUT2D eigenvalue weighted by Gasteiger charge is -2.19. The van der Waals surface area contributed by atoms with E-state index in [0.717, 1.165) is 18.7 Å². The van der Waals surface area contributed by atoms with Gasteiger partial charge in [-0.2, -0.15) is 0 Å². The first-order valence-corrected chi connectivity index (χ1v) is 8.29. The van der Waals surface area contributed by atoms with Crippen molar-refractivity contribution in [2.75, 3.05) is 18.1 Å². The van der Waals surface area contributed by atoms with Gasteiger partial charge in [0.2, 0.25) is 0 Å². The second kappa shape index (κ2) is 8.44. The highest BCUT2D eigenvalue weighted by atomic mass is 32.2.